The number of hydrogen-bond donors (Lipinski definition) is 1. The molecule has 138 valence electrons. The molecule has 1 fully saturated rings. The Morgan fingerprint density at radius 2 is 2.12 bits per heavy atom. The largest absolute Gasteiger partial charge is 0.445 e. The van der Waals surface area contributed by atoms with E-state index in [0.29, 0.717) is 37.4 Å². The highest BCUT2D eigenvalue weighted by atomic mass is 16.5. The predicted molar refractivity (Wildman–Crippen MR) is 93.4 cm³/mol. The fraction of sp³-hybridized carbons (Fsp3) is 0.526. The van der Waals surface area contributed by atoms with Crippen LogP contribution in [0.1, 0.15) is 68.7 Å². The smallest absolute Gasteiger partial charge is 0.256 e. The summed E-state index contributed by atoms with van der Waals surface area (Å²) in [5, 5.41) is 0. The second-order valence-electron chi connectivity index (χ2n) is 7.14. The average molecular weight is 357 g/mol. The zero-order valence-corrected chi connectivity index (χ0v) is 15.3. The number of nitrogens with zero attached hydrogens (tertiary/aromatic N) is 2. The SMILES string of the molecule is CC(=O)c1[nH]c(C)c(C(=O)N2CCc3oc(C4CCOC4)nc3C2)c1C. The highest BCUT2D eigenvalue weighted by molar-refractivity contribution is 6.02. The molecule has 2 aliphatic rings. The Morgan fingerprint density at radius 1 is 1.31 bits per heavy atom. The summed E-state index contributed by atoms with van der Waals surface area (Å²) in [7, 11) is 0. The maximum atomic E-state index is 13.1. The van der Waals surface area contributed by atoms with Crippen molar-refractivity contribution in [2.75, 3.05) is 19.8 Å². The van der Waals surface area contributed by atoms with E-state index in [0.717, 1.165) is 41.6 Å². The van der Waals surface area contributed by atoms with Gasteiger partial charge in [-0.1, -0.05) is 0 Å². The molecule has 1 unspecified atom stereocenters. The van der Waals surface area contributed by atoms with Crippen LogP contribution in [-0.4, -0.2) is 46.3 Å². The Kier molecular flexibility index (Phi) is 4.19. The second-order valence-corrected chi connectivity index (χ2v) is 7.14. The summed E-state index contributed by atoms with van der Waals surface area (Å²) in [6.45, 7) is 7.56. The number of H-pyrrole nitrogens is 1. The summed E-state index contributed by atoms with van der Waals surface area (Å²) < 4.78 is 11.3. The number of nitrogens with one attached hydrogen (secondary N) is 1. The molecule has 0 spiro atoms. The van der Waals surface area contributed by atoms with Gasteiger partial charge in [-0.2, -0.15) is 0 Å². The number of carbonyl (C=O) groups is 2. The van der Waals surface area contributed by atoms with Crippen molar-refractivity contribution < 1.29 is 18.7 Å². The van der Waals surface area contributed by atoms with E-state index in [1.54, 1.807) is 4.90 Å². The first kappa shape index (κ1) is 17.0. The van der Waals surface area contributed by atoms with Gasteiger partial charge in [0.25, 0.3) is 5.91 Å². The van der Waals surface area contributed by atoms with Crippen LogP contribution >= 0.6 is 0 Å². The molecule has 2 aromatic heterocycles. The lowest BCUT2D eigenvalue weighted by atomic mass is 10.1. The number of Topliss-reactive ketones (excluding diaryl/α,β-unsaturated/α-hetero) is 1. The molecule has 1 N–H and O–H groups in total. The van der Waals surface area contributed by atoms with Gasteiger partial charge in [0.15, 0.2) is 11.7 Å². The van der Waals surface area contributed by atoms with Crippen molar-refractivity contribution in [2.24, 2.45) is 0 Å². The molecular weight excluding hydrogens is 334 g/mol. The zero-order valence-electron chi connectivity index (χ0n) is 15.3. The molecule has 0 bridgehead atoms. The van der Waals surface area contributed by atoms with E-state index in [1.807, 2.05) is 13.8 Å². The van der Waals surface area contributed by atoms with Gasteiger partial charge in [0.1, 0.15) is 11.5 Å². The number of aromatic amines is 1. The molecule has 2 aromatic rings. The van der Waals surface area contributed by atoms with Gasteiger partial charge >= 0.3 is 0 Å². The van der Waals surface area contributed by atoms with E-state index in [-0.39, 0.29) is 17.6 Å². The van der Waals surface area contributed by atoms with E-state index >= 15 is 0 Å². The van der Waals surface area contributed by atoms with Crippen LogP contribution < -0.4 is 0 Å². The lowest BCUT2D eigenvalue weighted by molar-refractivity contribution is 0.0726. The highest BCUT2D eigenvalue weighted by Crippen LogP contribution is 2.30. The summed E-state index contributed by atoms with van der Waals surface area (Å²) in [6.07, 6.45) is 1.58. The van der Waals surface area contributed by atoms with Crippen LogP contribution in [0.4, 0.5) is 0 Å². The minimum absolute atomic E-state index is 0.0643. The number of oxazole rings is 1. The lowest BCUT2D eigenvalue weighted by Crippen LogP contribution is -2.36. The van der Waals surface area contributed by atoms with E-state index in [2.05, 4.69) is 9.97 Å². The molecule has 0 aromatic carbocycles. The second kappa shape index (κ2) is 6.39. The number of rotatable bonds is 3. The van der Waals surface area contributed by atoms with Crippen molar-refractivity contribution >= 4 is 11.7 Å². The van der Waals surface area contributed by atoms with E-state index in [9.17, 15) is 9.59 Å². The molecule has 2 aliphatic heterocycles. The molecular formula is C19H23N3O4. The lowest BCUT2D eigenvalue weighted by Gasteiger charge is -2.25. The number of fused-ring (bicyclic) bond motifs is 1. The summed E-state index contributed by atoms with van der Waals surface area (Å²) >= 11 is 0. The topological polar surface area (TPSA) is 88.4 Å². The Labute approximate surface area is 151 Å². The van der Waals surface area contributed by atoms with Crippen molar-refractivity contribution in [3.8, 4) is 0 Å². The maximum absolute atomic E-state index is 13.1. The number of ketones is 1. The molecule has 4 rings (SSSR count). The normalized spacial score (nSPS) is 19.7. The van der Waals surface area contributed by atoms with Crippen molar-refractivity contribution in [3.63, 3.8) is 0 Å². The molecule has 1 atom stereocenters. The van der Waals surface area contributed by atoms with Gasteiger partial charge in [-0.25, -0.2) is 4.98 Å². The predicted octanol–water partition coefficient (Wildman–Crippen LogP) is 2.52. The molecule has 4 heterocycles. The average Bonchev–Trinajstić information content (AvgIpc) is 3.31. The first-order valence-corrected chi connectivity index (χ1v) is 9.01. The summed E-state index contributed by atoms with van der Waals surface area (Å²) in [4.78, 5) is 34.3. The molecule has 1 amide bonds. The number of aryl methyl sites for hydroxylation is 1. The Hall–Kier alpha value is -2.41. The standard InChI is InChI=1S/C19H23N3O4/c1-10-16(11(2)20-17(10)12(3)23)19(24)22-6-4-15-14(8-22)21-18(26-15)13-5-7-25-9-13/h13,20H,4-9H2,1-3H3. The minimum Gasteiger partial charge on any atom is -0.445 e. The van der Waals surface area contributed by atoms with Crippen LogP contribution in [0.3, 0.4) is 0 Å². The molecule has 0 saturated carbocycles. The number of aromatic nitrogens is 2. The number of ether oxygens (including phenoxy) is 1. The quantitative estimate of drug-likeness (QED) is 0.853. The molecule has 1 saturated heterocycles. The van der Waals surface area contributed by atoms with Crippen LogP contribution in [0.5, 0.6) is 0 Å². The molecule has 0 radical (unpaired) electrons. The fourth-order valence-corrected chi connectivity index (χ4v) is 3.88. The van der Waals surface area contributed by atoms with Gasteiger partial charge in [-0.15, -0.1) is 0 Å². The Morgan fingerprint density at radius 3 is 2.77 bits per heavy atom. The van der Waals surface area contributed by atoms with Gasteiger partial charge < -0.3 is 19.0 Å². The highest BCUT2D eigenvalue weighted by Gasteiger charge is 2.31. The number of amides is 1. The van der Waals surface area contributed by atoms with Crippen molar-refractivity contribution in [2.45, 2.75) is 46.1 Å². The zero-order chi connectivity index (χ0) is 18.4. The van der Waals surface area contributed by atoms with E-state index in [1.165, 1.54) is 6.92 Å². The van der Waals surface area contributed by atoms with Gasteiger partial charge in [0, 0.05) is 32.2 Å². The number of carbonyl (C=O) groups excluding carboxylic acids is 2. The summed E-state index contributed by atoms with van der Waals surface area (Å²) in [5.74, 6) is 1.70. The number of hydrogen-bond acceptors (Lipinski definition) is 5. The summed E-state index contributed by atoms with van der Waals surface area (Å²) in [5.41, 5.74) is 3.38. The first-order chi connectivity index (χ1) is 12.5. The molecule has 26 heavy (non-hydrogen) atoms. The van der Waals surface area contributed by atoms with Crippen LogP contribution in [0.25, 0.3) is 0 Å². The Bertz CT molecular complexity index is 874. The Balaban J connectivity index is 1.57. The third-order valence-corrected chi connectivity index (χ3v) is 5.31. The molecule has 0 aliphatic carbocycles. The van der Waals surface area contributed by atoms with Crippen LogP contribution in [-0.2, 0) is 17.7 Å². The van der Waals surface area contributed by atoms with E-state index in [4.69, 9.17) is 9.15 Å². The van der Waals surface area contributed by atoms with Crippen LogP contribution in [0, 0.1) is 13.8 Å². The third-order valence-electron chi connectivity index (χ3n) is 5.31. The molecule has 7 heteroatoms. The van der Waals surface area contributed by atoms with Gasteiger partial charge in [0.2, 0.25) is 0 Å². The van der Waals surface area contributed by atoms with Gasteiger partial charge in [0.05, 0.1) is 30.3 Å². The van der Waals surface area contributed by atoms with Gasteiger partial charge in [-0.05, 0) is 25.8 Å². The first-order valence-electron chi connectivity index (χ1n) is 9.01. The third kappa shape index (κ3) is 2.76. The van der Waals surface area contributed by atoms with Crippen LogP contribution in [0.2, 0.25) is 0 Å². The van der Waals surface area contributed by atoms with E-state index < -0.39 is 0 Å². The van der Waals surface area contributed by atoms with Crippen molar-refractivity contribution in [3.05, 3.63) is 39.9 Å². The van der Waals surface area contributed by atoms with Crippen molar-refractivity contribution in [1.29, 1.82) is 0 Å². The summed E-state index contributed by atoms with van der Waals surface area (Å²) in [6, 6.07) is 0. The maximum Gasteiger partial charge on any atom is 0.256 e. The van der Waals surface area contributed by atoms with Crippen molar-refractivity contribution in [1.82, 2.24) is 14.9 Å². The van der Waals surface area contributed by atoms with Gasteiger partial charge in [-0.3, -0.25) is 9.59 Å². The monoisotopic (exact) mass is 357 g/mol. The molecule has 7 nitrogen and oxygen atoms in total. The fourth-order valence-electron chi connectivity index (χ4n) is 3.88. The minimum atomic E-state index is -0.0665. The van der Waals surface area contributed by atoms with Crippen LogP contribution in [0.15, 0.2) is 4.42 Å².